The Balaban J connectivity index is 1.48. The van der Waals surface area contributed by atoms with Gasteiger partial charge in [0.1, 0.15) is 17.3 Å². The van der Waals surface area contributed by atoms with Crippen molar-refractivity contribution in [3.05, 3.63) is 27.8 Å². The van der Waals surface area contributed by atoms with E-state index < -0.39 is 0 Å². The first kappa shape index (κ1) is 15.2. The number of carbonyl (C=O) groups excluding carboxylic acids is 1. The zero-order chi connectivity index (χ0) is 15.5. The Hall–Kier alpha value is -1.74. The fourth-order valence-corrected chi connectivity index (χ4v) is 2.86. The SMILES string of the molecule is CC(=O)N1CC(Oc2nnc(COc3cccc(Br)n3)s2)C1. The summed E-state index contributed by atoms with van der Waals surface area (Å²) in [5.41, 5.74) is 0. The highest BCUT2D eigenvalue weighted by Gasteiger charge is 2.31. The number of halogens is 1. The lowest BCUT2D eigenvalue weighted by atomic mass is 10.2. The van der Waals surface area contributed by atoms with Gasteiger partial charge in [-0.3, -0.25) is 4.79 Å². The summed E-state index contributed by atoms with van der Waals surface area (Å²) in [6, 6.07) is 5.44. The van der Waals surface area contributed by atoms with E-state index in [0.29, 0.717) is 33.8 Å². The van der Waals surface area contributed by atoms with Crippen LogP contribution in [0.25, 0.3) is 0 Å². The third kappa shape index (κ3) is 3.72. The molecule has 116 valence electrons. The summed E-state index contributed by atoms with van der Waals surface area (Å²) >= 11 is 4.62. The van der Waals surface area contributed by atoms with Gasteiger partial charge in [0.25, 0.3) is 5.19 Å². The Morgan fingerprint density at radius 2 is 2.27 bits per heavy atom. The molecule has 22 heavy (non-hydrogen) atoms. The van der Waals surface area contributed by atoms with Crippen molar-refractivity contribution in [2.45, 2.75) is 19.6 Å². The summed E-state index contributed by atoms with van der Waals surface area (Å²) in [7, 11) is 0. The van der Waals surface area contributed by atoms with Gasteiger partial charge in [0, 0.05) is 13.0 Å². The summed E-state index contributed by atoms with van der Waals surface area (Å²) < 4.78 is 11.9. The molecule has 0 unspecified atom stereocenters. The second-order valence-electron chi connectivity index (χ2n) is 4.71. The van der Waals surface area contributed by atoms with Crippen molar-refractivity contribution in [2.24, 2.45) is 0 Å². The molecule has 0 radical (unpaired) electrons. The minimum atomic E-state index is -0.00244. The lowest BCUT2D eigenvalue weighted by molar-refractivity contribution is -0.137. The van der Waals surface area contributed by atoms with Crippen molar-refractivity contribution in [2.75, 3.05) is 13.1 Å². The molecule has 1 amide bonds. The fraction of sp³-hybridized carbons (Fsp3) is 0.385. The molecule has 0 bridgehead atoms. The number of pyridine rings is 1. The summed E-state index contributed by atoms with van der Waals surface area (Å²) in [6.45, 7) is 3.03. The highest BCUT2D eigenvalue weighted by Crippen LogP contribution is 2.23. The van der Waals surface area contributed by atoms with Crippen molar-refractivity contribution < 1.29 is 14.3 Å². The van der Waals surface area contributed by atoms with E-state index in [1.165, 1.54) is 11.3 Å². The lowest BCUT2D eigenvalue weighted by Gasteiger charge is -2.37. The van der Waals surface area contributed by atoms with Crippen molar-refractivity contribution in [1.82, 2.24) is 20.1 Å². The van der Waals surface area contributed by atoms with Gasteiger partial charge in [-0.25, -0.2) is 4.98 Å². The van der Waals surface area contributed by atoms with E-state index >= 15 is 0 Å². The van der Waals surface area contributed by atoms with Crippen molar-refractivity contribution >= 4 is 33.2 Å². The van der Waals surface area contributed by atoms with Crippen LogP contribution in [0.2, 0.25) is 0 Å². The molecule has 3 heterocycles. The number of hydrogen-bond donors (Lipinski definition) is 0. The third-order valence-corrected chi connectivity index (χ3v) is 4.27. The van der Waals surface area contributed by atoms with E-state index in [2.05, 4.69) is 31.1 Å². The monoisotopic (exact) mass is 384 g/mol. The van der Waals surface area contributed by atoms with Gasteiger partial charge in [-0.2, -0.15) is 0 Å². The first-order valence-corrected chi connectivity index (χ1v) is 8.21. The van der Waals surface area contributed by atoms with E-state index in [1.807, 2.05) is 12.1 Å². The Bertz CT molecular complexity index is 675. The van der Waals surface area contributed by atoms with Gasteiger partial charge in [-0.15, -0.1) is 5.10 Å². The van der Waals surface area contributed by atoms with Crippen LogP contribution in [0.15, 0.2) is 22.8 Å². The number of nitrogens with zero attached hydrogens (tertiary/aromatic N) is 4. The lowest BCUT2D eigenvalue weighted by Crippen LogP contribution is -2.55. The molecule has 0 saturated carbocycles. The van der Waals surface area contributed by atoms with Crippen LogP contribution < -0.4 is 9.47 Å². The molecule has 1 fully saturated rings. The van der Waals surface area contributed by atoms with E-state index in [0.717, 1.165) is 0 Å². The maximum atomic E-state index is 11.1. The average molecular weight is 385 g/mol. The highest BCUT2D eigenvalue weighted by atomic mass is 79.9. The molecule has 1 aliphatic heterocycles. The molecule has 9 heteroatoms. The van der Waals surface area contributed by atoms with Gasteiger partial charge in [-0.05, 0) is 22.0 Å². The smallest absolute Gasteiger partial charge is 0.294 e. The maximum Gasteiger partial charge on any atom is 0.294 e. The van der Waals surface area contributed by atoms with Crippen LogP contribution in [0.3, 0.4) is 0 Å². The quantitative estimate of drug-likeness (QED) is 0.732. The number of carbonyl (C=O) groups is 1. The zero-order valence-corrected chi connectivity index (χ0v) is 14.1. The molecule has 0 spiro atoms. The summed E-state index contributed by atoms with van der Waals surface area (Å²) in [4.78, 5) is 17.0. The molecule has 0 N–H and O–H groups in total. The van der Waals surface area contributed by atoms with Gasteiger partial charge in [0.05, 0.1) is 13.1 Å². The Morgan fingerprint density at radius 3 is 3.00 bits per heavy atom. The van der Waals surface area contributed by atoms with E-state index in [4.69, 9.17) is 9.47 Å². The van der Waals surface area contributed by atoms with Crippen LogP contribution in [0, 0.1) is 0 Å². The number of amides is 1. The second-order valence-corrected chi connectivity index (χ2v) is 6.55. The molecule has 1 aliphatic rings. The number of hydrogen-bond acceptors (Lipinski definition) is 7. The van der Waals surface area contributed by atoms with Gasteiger partial charge in [0.2, 0.25) is 11.8 Å². The summed E-state index contributed by atoms with van der Waals surface area (Å²) in [5.74, 6) is 0.580. The summed E-state index contributed by atoms with van der Waals surface area (Å²) in [5, 5.41) is 9.19. The van der Waals surface area contributed by atoms with E-state index in [9.17, 15) is 4.79 Å². The minimum Gasteiger partial charge on any atom is -0.470 e. The molecule has 0 aliphatic carbocycles. The van der Waals surface area contributed by atoms with E-state index in [-0.39, 0.29) is 18.6 Å². The van der Waals surface area contributed by atoms with Crippen LogP contribution in [0.1, 0.15) is 11.9 Å². The molecule has 0 aromatic carbocycles. The van der Waals surface area contributed by atoms with Crippen LogP contribution >= 0.6 is 27.3 Å². The standard InChI is InChI=1S/C13H13BrN4O3S/c1-8(19)18-5-9(6-18)21-13-17-16-12(22-13)7-20-11-4-2-3-10(14)15-11/h2-4,9H,5-7H2,1H3. The third-order valence-electron chi connectivity index (χ3n) is 3.04. The first-order valence-electron chi connectivity index (χ1n) is 6.60. The van der Waals surface area contributed by atoms with Gasteiger partial charge >= 0.3 is 0 Å². The van der Waals surface area contributed by atoms with Crippen molar-refractivity contribution in [3.63, 3.8) is 0 Å². The van der Waals surface area contributed by atoms with Crippen LogP contribution in [0.4, 0.5) is 0 Å². The molecule has 7 nitrogen and oxygen atoms in total. The van der Waals surface area contributed by atoms with Crippen LogP contribution in [0.5, 0.6) is 11.1 Å². The maximum absolute atomic E-state index is 11.1. The van der Waals surface area contributed by atoms with Crippen LogP contribution in [-0.2, 0) is 11.4 Å². The van der Waals surface area contributed by atoms with E-state index in [1.54, 1.807) is 17.9 Å². The summed E-state index contributed by atoms with van der Waals surface area (Å²) in [6.07, 6.45) is -0.00244. The first-order chi connectivity index (χ1) is 10.6. The fourth-order valence-electron chi connectivity index (χ4n) is 1.86. The number of aromatic nitrogens is 3. The zero-order valence-electron chi connectivity index (χ0n) is 11.7. The predicted molar refractivity (Wildman–Crippen MR) is 82.8 cm³/mol. The number of rotatable bonds is 5. The molecule has 3 rings (SSSR count). The molecule has 2 aromatic heterocycles. The average Bonchev–Trinajstić information content (AvgIpc) is 2.87. The highest BCUT2D eigenvalue weighted by molar-refractivity contribution is 9.10. The molecule has 0 atom stereocenters. The largest absolute Gasteiger partial charge is 0.470 e. The van der Waals surface area contributed by atoms with Gasteiger partial charge in [-0.1, -0.05) is 22.5 Å². The van der Waals surface area contributed by atoms with Gasteiger partial charge in [0.15, 0.2) is 5.01 Å². The van der Waals surface area contributed by atoms with Crippen molar-refractivity contribution in [1.29, 1.82) is 0 Å². The second kappa shape index (κ2) is 6.57. The normalized spacial score (nSPS) is 14.5. The Morgan fingerprint density at radius 1 is 1.45 bits per heavy atom. The Labute approximate surface area is 139 Å². The molecular weight excluding hydrogens is 372 g/mol. The number of ether oxygens (including phenoxy) is 2. The molecular formula is C13H13BrN4O3S. The number of likely N-dealkylation sites (tertiary alicyclic amines) is 1. The Kier molecular flexibility index (Phi) is 4.53. The molecule has 1 saturated heterocycles. The van der Waals surface area contributed by atoms with Gasteiger partial charge < -0.3 is 14.4 Å². The predicted octanol–water partition coefficient (Wildman–Crippen LogP) is 1.88. The minimum absolute atomic E-state index is 0.00244. The topological polar surface area (TPSA) is 77.4 Å². The van der Waals surface area contributed by atoms with Crippen LogP contribution in [-0.4, -0.2) is 45.2 Å². The molecule has 2 aromatic rings. The van der Waals surface area contributed by atoms with Crippen molar-refractivity contribution in [3.8, 4) is 11.1 Å².